The standard InChI is InChI=1S/C13H23N5O3S.2ClH/c1-14-13(19)12-9-11(10-17(12)2)22(20,21)16-5-8-18-6-3-15-4-7-18;;/h9-10,15-16H,3-8H2,1-2H3,(H,14,19);2*1H. The number of amides is 1. The largest absolute Gasteiger partial charge is 0.354 e. The van der Waals surface area contributed by atoms with Crippen molar-refractivity contribution in [2.45, 2.75) is 4.90 Å². The Morgan fingerprint density at radius 2 is 1.92 bits per heavy atom. The van der Waals surface area contributed by atoms with Crippen molar-refractivity contribution < 1.29 is 13.2 Å². The van der Waals surface area contributed by atoms with Crippen LogP contribution in [-0.4, -0.2) is 70.1 Å². The molecular formula is C13H25Cl2N5O3S. The third-order valence-electron chi connectivity index (χ3n) is 3.68. The Labute approximate surface area is 155 Å². The maximum atomic E-state index is 12.3. The zero-order chi connectivity index (χ0) is 16.2. The van der Waals surface area contributed by atoms with Crippen LogP contribution in [0.3, 0.4) is 0 Å². The Kier molecular flexibility index (Phi) is 9.86. The van der Waals surface area contributed by atoms with Gasteiger partial charge in [-0.25, -0.2) is 13.1 Å². The molecule has 1 aliphatic heterocycles. The topological polar surface area (TPSA) is 95.5 Å². The van der Waals surface area contributed by atoms with Crippen molar-refractivity contribution in [1.82, 2.24) is 24.8 Å². The number of hydrogen-bond donors (Lipinski definition) is 3. The van der Waals surface area contributed by atoms with Gasteiger partial charge in [0.1, 0.15) is 10.6 Å². The molecule has 0 radical (unpaired) electrons. The molecule has 1 amide bonds. The van der Waals surface area contributed by atoms with Crippen LogP contribution >= 0.6 is 24.8 Å². The molecule has 0 aliphatic carbocycles. The molecule has 8 nitrogen and oxygen atoms in total. The Bertz CT molecular complexity index is 630. The lowest BCUT2D eigenvalue weighted by molar-refractivity contribution is 0.0955. The molecular weight excluding hydrogens is 377 g/mol. The molecule has 0 saturated carbocycles. The van der Waals surface area contributed by atoms with Gasteiger partial charge in [-0.2, -0.15) is 0 Å². The molecule has 0 aromatic carbocycles. The number of piperazine rings is 1. The average Bonchev–Trinajstić information content (AvgIpc) is 2.90. The number of rotatable bonds is 6. The van der Waals surface area contributed by atoms with Crippen LogP contribution in [0.5, 0.6) is 0 Å². The molecule has 0 unspecified atom stereocenters. The van der Waals surface area contributed by atoms with E-state index >= 15 is 0 Å². The maximum absolute atomic E-state index is 12.3. The Hall–Kier alpha value is -0.840. The van der Waals surface area contributed by atoms with Crippen molar-refractivity contribution >= 4 is 40.7 Å². The third kappa shape index (κ3) is 5.91. The molecule has 3 N–H and O–H groups in total. The second kappa shape index (κ2) is 10.2. The minimum atomic E-state index is -3.60. The molecule has 2 rings (SSSR count). The summed E-state index contributed by atoms with van der Waals surface area (Å²) in [6.07, 6.45) is 1.44. The number of nitrogens with zero attached hydrogens (tertiary/aromatic N) is 2. The summed E-state index contributed by atoms with van der Waals surface area (Å²) in [6.45, 7) is 4.74. The van der Waals surface area contributed by atoms with E-state index in [-0.39, 0.29) is 35.6 Å². The molecule has 140 valence electrons. The van der Waals surface area contributed by atoms with Crippen molar-refractivity contribution in [2.24, 2.45) is 7.05 Å². The first-order chi connectivity index (χ1) is 10.4. The highest BCUT2D eigenvalue weighted by molar-refractivity contribution is 7.89. The van der Waals surface area contributed by atoms with Crippen LogP contribution in [0.4, 0.5) is 0 Å². The van der Waals surface area contributed by atoms with Crippen LogP contribution in [-0.2, 0) is 17.1 Å². The van der Waals surface area contributed by atoms with E-state index in [1.807, 2.05) is 0 Å². The minimum Gasteiger partial charge on any atom is -0.354 e. The number of nitrogens with one attached hydrogen (secondary N) is 3. The lowest BCUT2D eigenvalue weighted by atomic mass is 10.3. The molecule has 0 spiro atoms. The Morgan fingerprint density at radius 1 is 1.29 bits per heavy atom. The van der Waals surface area contributed by atoms with Crippen LogP contribution in [0.2, 0.25) is 0 Å². The highest BCUT2D eigenvalue weighted by atomic mass is 35.5. The van der Waals surface area contributed by atoms with E-state index in [0.29, 0.717) is 18.8 Å². The summed E-state index contributed by atoms with van der Waals surface area (Å²) in [7, 11) is -0.445. The quantitative estimate of drug-likeness (QED) is 0.592. The van der Waals surface area contributed by atoms with E-state index in [0.717, 1.165) is 26.2 Å². The number of halogens is 2. The molecule has 2 heterocycles. The van der Waals surface area contributed by atoms with E-state index in [2.05, 4.69) is 20.3 Å². The highest BCUT2D eigenvalue weighted by Gasteiger charge is 2.20. The fourth-order valence-corrected chi connectivity index (χ4v) is 3.48. The van der Waals surface area contributed by atoms with Gasteiger partial charge in [0.15, 0.2) is 0 Å². The van der Waals surface area contributed by atoms with Crippen molar-refractivity contribution in [3.63, 3.8) is 0 Å². The molecule has 1 fully saturated rings. The van der Waals surface area contributed by atoms with Crippen LogP contribution in [0.1, 0.15) is 10.5 Å². The van der Waals surface area contributed by atoms with Gasteiger partial charge in [-0.05, 0) is 6.07 Å². The number of carbonyl (C=O) groups is 1. The highest BCUT2D eigenvalue weighted by Crippen LogP contribution is 2.13. The number of sulfonamides is 1. The van der Waals surface area contributed by atoms with Crippen LogP contribution in [0.25, 0.3) is 0 Å². The molecule has 1 saturated heterocycles. The number of carbonyl (C=O) groups excluding carboxylic acids is 1. The van der Waals surface area contributed by atoms with Gasteiger partial charge in [0.05, 0.1) is 0 Å². The van der Waals surface area contributed by atoms with Crippen LogP contribution in [0, 0.1) is 0 Å². The Morgan fingerprint density at radius 3 is 2.50 bits per heavy atom. The van der Waals surface area contributed by atoms with Crippen molar-refractivity contribution in [2.75, 3.05) is 46.3 Å². The fourth-order valence-electron chi connectivity index (χ4n) is 2.39. The monoisotopic (exact) mass is 401 g/mol. The van der Waals surface area contributed by atoms with Crippen molar-refractivity contribution in [3.8, 4) is 0 Å². The molecule has 1 aliphatic rings. The van der Waals surface area contributed by atoms with E-state index in [1.165, 1.54) is 23.9 Å². The second-order valence-corrected chi connectivity index (χ2v) is 7.01. The van der Waals surface area contributed by atoms with E-state index in [9.17, 15) is 13.2 Å². The summed E-state index contributed by atoms with van der Waals surface area (Å²) in [4.78, 5) is 13.9. The first-order valence-electron chi connectivity index (χ1n) is 7.25. The van der Waals surface area contributed by atoms with Gasteiger partial charge in [0.25, 0.3) is 5.91 Å². The van der Waals surface area contributed by atoms with Gasteiger partial charge >= 0.3 is 0 Å². The number of aryl methyl sites for hydroxylation is 1. The maximum Gasteiger partial charge on any atom is 0.267 e. The van der Waals surface area contributed by atoms with Gasteiger partial charge < -0.3 is 15.2 Å². The zero-order valence-electron chi connectivity index (χ0n) is 13.7. The predicted molar refractivity (Wildman–Crippen MR) is 97.8 cm³/mol. The normalized spacial score (nSPS) is 15.2. The van der Waals surface area contributed by atoms with E-state index < -0.39 is 10.0 Å². The number of hydrogen-bond acceptors (Lipinski definition) is 5. The summed E-state index contributed by atoms with van der Waals surface area (Å²) in [5.41, 5.74) is 0.310. The fraction of sp³-hybridized carbons (Fsp3) is 0.615. The van der Waals surface area contributed by atoms with Crippen LogP contribution in [0.15, 0.2) is 17.2 Å². The summed E-state index contributed by atoms with van der Waals surface area (Å²) in [5.74, 6) is -0.315. The molecule has 0 bridgehead atoms. The van der Waals surface area contributed by atoms with Gasteiger partial charge in [0.2, 0.25) is 10.0 Å². The SMILES string of the molecule is CNC(=O)c1cc(S(=O)(=O)NCCN2CCNCC2)cn1C.Cl.Cl. The summed E-state index contributed by atoms with van der Waals surface area (Å²) < 4.78 is 28.6. The van der Waals surface area contributed by atoms with E-state index in [4.69, 9.17) is 0 Å². The lowest BCUT2D eigenvalue weighted by Crippen LogP contribution is -2.46. The molecule has 11 heteroatoms. The first kappa shape index (κ1) is 23.2. The van der Waals surface area contributed by atoms with Crippen LogP contribution < -0.4 is 15.4 Å². The van der Waals surface area contributed by atoms with Gasteiger partial charge in [0, 0.05) is 59.6 Å². The van der Waals surface area contributed by atoms with Crippen molar-refractivity contribution in [3.05, 3.63) is 18.0 Å². The zero-order valence-corrected chi connectivity index (χ0v) is 16.2. The number of aromatic nitrogens is 1. The predicted octanol–water partition coefficient (Wildman–Crippen LogP) is -0.588. The smallest absolute Gasteiger partial charge is 0.267 e. The average molecular weight is 402 g/mol. The molecule has 24 heavy (non-hydrogen) atoms. The second-order valence-electron chi connectivity index (χ2n) is 5.24. The summed E-state index contributed by atoms with van der Waals surface area (Å²) in [5, 5.41) is 5.74. The lowest BCUT2D eigenvalue weighted by Gasteiger charge is -2.26. The summed E-state index contributed by atoms with van der Waals surface area (Å²) in [6, 6.07) is 1.38. The third-order valence-corrected chi connectivity index (χ3v) is 5.11. The molecule has 1 aromatic heterocycles. The molecule has 1 aromatic rings. The van der Waals surface area contributed by atoms with Gasteiger partial charge in [-0.3, -0.25) is 9.69 Å². The minimum absolute atomic E-state index is 0. The van der Waals surface area contributed by atoms with Crippen molar-refractivity contribution in [1.29, 1.82) is 0 Å². The van der Waals surface area contributed by atoms with E-state index in [1.54, 1.807) is 7.05 Å². The Balaban J connectivity index is 0.00000264. The molecule has 0 atom stereocenters. The van der Waals surface area contributed by atoms with Gasteiger partial charge in [-0.1, -0.05) is 0 Å². The van der Waals surface area contributed by atoms with Gasteiger partial charge in [-0.15, -0.1) is 24.8 Å². The summed E-state index contributed by atoms with van der Waals surface area (Å²) >= 11 is 0. The first-order valence-corrected chi connectivity index (χ1v) is 8.73.